The number of carbonyl (C=O) groups excluding carboxylic acids is 1. The van der Waals surface area contributed by atoms with E-state index in [0.717, 1.165) is 23.6 Å². The van der Waals surface area contributed by atoms with Gasteiger partial charge in [-0.25, -0.2) is 8.78 Å². The molecule has 2 aromatic carbocycles. The van der Waals surface area contributed by atoms with Gasteiger partial charge in [0.1, 0.15) is 11.6 Å². The van der Waals surface area contributed by atoms with E-state index in [1.165, 1.54) is 6.07 Å². The fourth-order valence-corrected chi connectivity index (χ4v) is 3.05. The summed E-state index contributed by atoms with van der Waals surface area (Å²) in [7, 11) is 1.63. The van der Waals surface area contributed by atoms with Gasteiger partial charge in [0.2, 0.25) is 0 Å². The molecule has 0 unspecified atom stereocenters. The maximum atomic E-state index is 13.7. The summed E-state index contributed by atoms with van der Waals surface area (Å²) >= 11 is 0. The van der Waals surface area contributed by atoms with Crippen LogP contribution >= 0.6 is 0 Å². The average Bonchev–Trinajstić information content (AvgIpc) is 2.69. The molecule has 1 atom stereocenters. The summed E-state index contributed by atoms with van der Waals surface area (Å²) < 4.78 is 37.2. The third-order valence-corrected chi connectivity index (χ3v) is 4.57. The van der Waals surface area contributed by atoms with Crippen LogP contribution in [0.1, 0.15) is 6.92 Å². The van der Waals surface area contributed by atoms with E-state index >= 15 is 0 Å². The predicted octanol–water partition coefficient (Wildman–Crippen LogP) is 3.09. The molecule has 1 amide bonds. The van der Waals surface area contributed by atoms with Crippen LogP contribution in [-0.4, -0.2) is 50.2 Å². The van der Waals surface area contributed by atoms with E-state index < -0.39 is 17.7 Å². The van der Waals surface area contributed by atoms with Gasteiger partial charge in [-0.3, -0.25) is 4.79 Å². The van der Waals surface area contributed by atoms with Crippen LogP contribution in [0.15, 0.2) is 42.5 Å². The minimum atomic E-state index is -0.850. The molecule has 27 heavy (non-hydrogen) atoms. The fraction of sp³-hybridized carbons (Fsp3) is 0.350. The summed E-state index contributed by atoms with van der Waals surface area (Å²) in [5.74, 6) is -1.05. The van der Waals surface area contributed by atoms with Crippen LogP contribution in [0.25, 0.3) is 0 Å². The van der Waals surface area contributed by atoms with Gasteiger partial charge < -0.3 is 19.3 Å². The number of anilines is 1. The molecule has 1 aliphatic rings. The molecule has 0 spiro atoms. The first kappa shape index (κ1) is 18.9. The molecule has 1 heterocycles. The standard InChI is InChI=1S/C20H22F2N2O3/c1-14(27-19-8-3-15(21)13-18(19)22)20(25)24-11-9-23(10-12-24)16-4-6-17(26-2)7-5-16/h3-8,13-14H,9-12H2,1-2H3/t14-/m0/s1. The maximum absolute atomic E-state index is 13.7. The van der Waals surface area contributed by atoms with Gasteiger partial charge >= 0.3 is 0 Å². The number of methoxy groups -OCH3 is 1. The molecule has 3 rings (SSSR count). The normalized spacial score (nSPS) is 15.4. The summed E-state index contributed by atoms with van der Waals surface area (Å²) in [5, 5.41) is 0. The second kappa shape index (κ2) is 8.24. The van der Waals surface area contributed by atoms with Gasteiger partial charge in [-0.05, 0) is 43.3 Å². The Labute approximate surface area is 157 Å². The van der Waals surface area contributed by atoms with Crippen LogP contribution in [0.2, 0.25) is 0 Å². The summed E-state index contributed by atoms with van der Waals surface area (Å²) in [6, 6.07) is 10.8. The molecular formula is C20H22F2N2O3. The van der Waals surface area contributed by atoms with Gasteiger partial charge in [-0.1, -0.05) is 0 Å². The van der Waals surface area contributed by atoms with Gasteiger partial charge in [0.05, 0.1) is 7.11 Å². The average molecular weight is 376 g/mol. The summed E-state index contributed by atoms with van der Waals surface area (Å²) in [4.78, 5) is 16.5. The van der Waals surface area contributed by atoms with E-state index in [-0.39, 0.29) is 11.7 Å². The molecule has 0 aromatic heterocycles. The Bertz CT molecular complexity index is 790. The monoisotopic (exact) mass is 376 g/mol. The molecule has 2 aromatic rings. The van der Waals surface area contributed by atoms with Crippen LogP contribution < -0.4 is 14.4 Å². The number of piperazine rings is 1. The zero-order valence-corrected chi connectivity index (χ0v) is 15.3. The van der Waals surface area contributed by atoms with Crippen molar-refractivity contribution >= 4 is 11.6 Å². The molecule has 144 valence electrons. The van der Waals surface area contributed by atoms with E-state index in [1.807, 2.05) is 24.3 Å². The van der Waals surface area contributed by atoms with Crippen molar-refractivity contribution in [1.82, 2.24) is 4.90 Å². The van der Waals surface area contributed by atoms with Crippen LogP contribution in [0.4, 0.5) is 14.5 Å². The highest BCUT2D eigenvalue weighted by molar-refractivity contribution is 5.81. The first-order valence-electron chi connectivity index (χ1n) is 8.77. The first-order chi connectivity index (χ1) is 13.0. The van der Waals surface area contributed by atoms with Gasteiger partial charge in [0, 0.05) is 37.9 Å². The van der Waals surface area contributed by atoms with Crippen LogP contribution in [0.5, 0.6) is 11.5 Å². The molecule has 0 aliphatic carbocycles. The Balaban J connectivity index is 1.55. The van der Waals surface area contributed by atoms with Gasteiger partial charge in [-0.2, -0.15) is 0 Å². The van der Waals surface area contributed by atoms with Crippen molar-refractivity contribution in [1.29, 1.82) is 0 Å². The van der Waals surface area contributed by atoms with Gasteiger partial charge in [-0.15, -0.1) is 0 Å². The zero-order chi connectivity index (χ0) is 19.4. The lowest BCUT2D eigenvalue weighted by Gasteiger charge is -2.37. The van der Waals surface area contributed by atoms with E-state index in [4.69, 9.17) is 9.47 Å². The minimum Gasteiger partial charge on any atom is -0.497 e. The number of halogens is 2. The van der Waals surface area contributed by atoms with Crippen molar-refractivity contribution < 1.29 is 23.0 Å². The van der Waals surface area contributed by atoms with E-state index in [2.05, 4.69) is 4.90 Å². The Morgan fingerprint density at radius 1 is 1.04 bits per heavy atom. The van der Waals surface area contributed by atoms with E-state index in [1.54, 1.807) is 18.9 Å². The van der Waals surface area contributed by atoms with Crippen molar-refractivity contribution in [3.8, 4) is 11.5 Å². The molecule has 0 saturated carbocycles. The van der Waals surface area contributed by atoms with Gasteiger partial charge in [0.25, 0.3) is 5.91 Å². The Kier molecular flexibility index (Phi) is 5.78. The second-order valence-electron chi connectivity index (χ2n) is 6.35. The molecule has 0 N–H and O–H groups in total. The fourth-order valence-electron chi connectivity index (χ4n) is 3.05. The number of benzene rings is 2. The largest absolute Gasteiger partial charge is 0.497 e. The van der Waals surface area contributed by atoms with Crippen LogP contribution in [0.3, 0.4) is 0 Å². The van der Waals surface area contributed by atoms with Crippen molar-refractivity contribution in [2.75, 3.05) is 38.2 Å². The Morgan fingerprint density at radius 2 is 1.70 bits per heavy atom. The molecular weight excluding hydrogens is 354 g/mol. The third-order valence-electron chi connectivity index (χ3n) is 4.57. The molecule has 5 nitrogen and oxygen atoms in total. The minimum absolute atomic E-state index is 0.130. The van der Waals surface area contributed by atoms with Crippen molar-refractivity contribution in [2.24, 2.45) is 0 Å². The molecule has 0 radical (unpaired) electrons. The predicted molar refractivity (Wildman–Crippen MR) is 98.2 cm³/mol. The van der Waals surface area contributed by atoms with Crippen molar-refractivity contribution in [2.45, 2.75) is 13.0 Å². The molecule has 1 fully saturated rings. The number of amides is 1. The lowest BCUT2D eigenvalue weighted by molar-refractivity contribution is -0.138. The summed E-state index contributed by atoms with van der Waals surface area (Å²) in [6.07, 6.45) is -0.850. The Hall–Kier alpha value is -2.83. The van der Waals surface area contributed by atoms with Gasteiger partial charge in [0.15, 0.2) is 17.7 Å². The third kappa shape index (κ3) is 4.48. The zero-order valence-electron chi connectivity index (χ0n) is 15.3. The van der Waals surface area contributed by atoms with E-state index in [0.29, 0.717) is 26.2 Å². The summed E-state index contributed by atoms with van der Waals surface area (Å²) in [5.41, 5.74) is 1.07. The lowest BCUT2D eigenvalue weighted by atomic mass is 10.2. The molecule has 1 saturated heterocycles. The molecule has 0 bridgehead atoms. The molecule has 7 heteroatoms. The SMILES string of the molecule is COc1ccc(N2CCN(C(=O)[C@H](C)Oc3ccc(F)cc3F)CC2)cc1. The summed E-state index contributed by atoms with van der Waals surface area (Å²) in [6.45, 7) is 4.04. The number of ether oxygens (including phenoxy) is 2. The highest BCUT2D eigenvalue weighted by atomic mass is 19.1. The smallest absolute Gasteiger partial charge is 0.263 e. The number of rotatable bonds is 5. The van der Waals surface area contributed by atoms with Crippen molar-refractivity contribution in [3.63, 3.8) is 0 Å². The first-order valence-corrected chi connectivity index (χ1v) is 8.77. The quantitative estimate of drug-likeness (QED) is 0.804. The molecule has 1 aliphatic heterocycles. The number of nitrogens with zero attached hydrogens (tertiary/aromatic N) is 2. The van der Waals surface area contributed by atoms with Crippen molar-refractivity contribution in [3.05, 3.63) is 54.1 Å². The highest BCUT2D eigenvalue weighted by Crippen LogP contribution is 2.22. The number of carbonyl (C=O) groups is 1. The number of hydrogen-bond donors (Lipinski definition) is 0. The number of hydrogen-bond acceptors (Lipinski definition) is 4. The topological polar surface area (TPSA) is 42.0 Å². The Morgan fingerprint density at radius 3 is 2.30 bits per heavy atom. The van der Waals surface area contributed by atoms with Crippen LogP contribution in [0, 0.1) is 11.6 Å². The lowest BCUT2D eigenvalue weighted by Crippen LogP contribution is -2.52. The highest BCUT2D eigenvalue weighted by Gasteiger charge is 2.26. The van der Waals surface area contributed by atoms with E-state index in [9.17, 15) is 13.6 Å². The maximum Gasteiger partial charge on any atom is 0.263 e. The second-order valence-corrected chi connectivity index (χ2v) is 6.35. The van der Waals surface area contributed by atoms with Crippen LogP contribution in [-0.2, 0) is 4.79 Å².